The molecule has 3 rings (SSSR count). The van der Waals surface area contributed by atoms with Gasteiger partial charge in [-0.05, 0) is 49.1 Å². The van der Waals surface area contributed by atoms with Gasteiger partial charge in [0.2, 0.25) is 15.9 Å². The van der Waals surface area contributed by atoms with Gasteiger partial charge in [-0.25, -0.2) is 12.7 Å². The maximum absolute atomic E-state index is 12.5. The fraction of sp³-hybridized carbons (Fsp3) is 0.429. The van der Waals surface area contributed by atoms with Gasteiger partial charge in [-0.15, -0.1) is 0 Å². The van der Waals surface area contributed by atoms with Crippen LogP contribution in [0.15, 0.2) is 47.1 Å². The van der Waals surface area contributed by atoms with Crippen LogP contribution >= 0.6 is 0 Å². The van der Waals surface area contributed by atoms with E-state index in [0.717, 1.165) is 5.56 Å². The van der Waals surface area contributed by atoms with Crippen LogP contribution in [0.4, 0.5) is 5.69 Å². The highest BCUT2D eigenvalue weighted by Crippen LogP contribution is 2.20. The van der Waals surface area contributed by atoms with Gasteiger partial charge < -0.3 is 15.1 Å². The Hall–Kier alpha value is -2.65. The lowest BCUT2D eigenvalue weighted by molar-refractivity contribution is -0.126. The van der Waals surface area contributed by atoms with Crippen molar-refractivity contribution in [3.8, 4) is 0 Å². The van der Waals surface area contributed by atoms with Crippen molar-refractivity contribution in [1.29, 1.82) is 0 Å². The molecular weight excluding hydrogens is 406 g/mol. The van der Waals surface area contributed by atoms with Crippen molar-refractivity contribution in [1.82, 2.24) is 9.62 Å². The summed E-state index contributed by atoms with van der Waals surface area (Å²) in [5.41, 5.74) is 1.50. The molecule has 0 bridgehead atoms. The first-order valence-corrected chi connectivity index (χ1v) is 11.7. The number of carbonyl (C=O) groups is 2. The number of hydrogen-bond donors (Lipinski definition) is 2. The van der Waals surface area contributed by atoms with E-state index in [1.54, 1.807) is 24.3 Å². The van der Waals surface area contributed by atoms with Crippen LogP contribution in [0.2, 0.25) is 0 Å². The van der Waals surface area contributed by atoms with E-state index in [-0.39, 0.29) is 35.8 Å². The molecule has 2 aromatic rings. The molecular formula is C21H27N3O5S. The molecule has 1 fully saturated rings. The van der Waals surface area contributed by atoms with Gasteiger partial charge in [0.05, 0.1) is 17.9 Å². The number of piperidine rings is 1. The number of hydrogen-bond acceptors (Lipinski definition) is 5. The molecule has 1 saturated heterocycles. The lowest BCUT2D eigenvalue weighted by atomic mass is 9.99. The van der Waals surface area contributed by atoms with E-state index in [1.807, 2.05) is 19.1 Å². The largest absolute Gasteiger partial charge is 0.459 e. The quantitative estimate of drug-likeness (QED) is 0.665. The first-order chi connectivity index (χ1) is 14.4. The normalized spacial score (nSPS) is 17.4. The van der Waals surface area contributed by atoms with E-state index in [0.29, 0.717) is 38.0 Å². The zero-order valence-electron chi connectivity index (χ0n) is 17.0. The number of benzene rings is 1. The maximum Gasteiger partial charge on any atom is 0.291 e. The zero-order valence-corrected chi connectivity index (χ0v) is 17.8. The van der Waals surface area contributed by atoms with Gasteiger partial charge in [0, 0.05) is 25.3 Å². The van der Waals surface area contributed by atoms with Gasteiger partial charge in [-0.3, -0.25) is 9.59 Å². The molecule has 1 aliphatic rings. The standard InChI is InChI=1S/C21H27N3O5S/c1-2-13-30(27,28)24-11-3-5-17(15-24)20(25)22-14-16-7-9-18(10-8-16)23-21(26)19-6-4-12-29-19/h4,6-10,12,17H,2-3,5,11,13-15H2,1H3,(H,22,25)(H,23,26). The van der Waals surface area contributed by atoms with Gasteiger partial charge in [-0.1, -0.05) is 19.1 Å². The summed E-state index contributed by atoms with van der Waals surface area (Å²) in [6, 6.07) is 10.4. The second-order valence-electron chi connectivity index (χ2n) is 7.36. The maximum atomic E-state index is 12.5. The van der Waals surface area contributed by atoms with Gasteiger partial charge >= 0.3 is 0 Å². The minimum Gasteiger partial charge on any atom is -0.459 e. The van der Waals surface area contributed by atoms with Gasteiger partial charge in [0.25, 0.3) is 5.91 Å². The van der Waals surface area contributed by atoms with Crippen LogP contribution in [-0.4, -0.2) is 43.4 Å². The van der Waals surface area contributed by atoms with Crippen LogP contribution in [-0.2, 0) is 21.4 Å². The molecule has 1 unspecified atom stereocenters. The van der Waals surface area contributed by atoms with Crippen molar-refractivity contribution in [2.24, 2.45) is 5.92 Å². The third-order valence-corrected chi connectivity index (χ3v) is 7.08. The van der Waals surface area contributed by atoms with Gasteiger partial charge in [-0.2, -0.15) is 0 Å². The highest BCUT2D eigenvalue weighted by molar-refractivity contribution is 7.89. The highest BCUT2D eigenvalue weighted by Gasteiger charge is 2.31. The van der Waals surface area contributed by atoms with Crippen LogP contribution in [0.5, 0.6) is 0 Å². The third kappa shape index (κ3) is 5.70. The zero-order chi connectivity index (χ0) is 21.6. The average molecular weight is 434 g/mol. The first-order valence-electron chi connectivity index (χ1n) is 10.1. The van der Waals surface area contributed by atoms with Crippen LogP contribution in [0.25, 0.3) is 0 Å². The smallest absolute Gasteiger partial charge is 0.291 e. The fourth-order valence-electron chi connectivity index (χ4n) is 3.44. The second kappa shape index (κ2) is 9.90. The van der Waals surface area contributed by atoms with Crippen LogP contribution in [0.1, 0.15) is 42.3 Å². The summed E-state index contributed by atoms with van der Waals surface area (Å²) >= 11 is 0. The minimum atomic E-state index is -3.29. The number of sulfonamides is 1. The molecule has 8 nitrogen and oxygen atoms in total. The van der Waals surface area contributed by atoms with Crippen molar-refractivity contribution < 1.29 is 22.4 Å². The molecule has 1 aliphatic heterocycles. The summed E-state index contributed by atoms with van der Waals surface area (Å²) < 4.78 is 31.1. The molecule has 2 amide bonds. The number of carbonyl (C=O) groups excluding carboxylic acids is 2. The van der Waals surface area contributed by atoms with Crippen LogP contribution in [0.3, 0.4) is 0 Å². The average Bonchev–Trinajstić information content (AvgIpc) is 3.28. The van der Waals surface area contributed by atoms with Crippen LogP contribution < -0.4 is 10.6 Å². The highest BCUT2D eigenvalue weighted by atomic mass is 32.2. The van der Waals surface area contributed by atoms with Crippen molar-refractivity contribution in [2.45, 2.75) is 32.7 Å². The Morgan fingerprint density at radius 2 is 1.97 bits per heavy atom. The number of amides is 2. The van der Waals surface area contributed by atoms with Crippen molar-refractivity contribution in [2.75, 3.05) is 24.2 Å². The van der Waals surface area contributed by atoms with Crippen molar-refractivity contribution in [3.05, 3.63) is 54.0 Å². The molecule has 1 atom stereocenters. The lowest BCUT2D eigenvalue weighted by Gasteiger charge is -2.31. The molecule has 162 valence electrons. The molecule has 2 heterocycles. The number of anilines is 1. The van der Waals surface area contributed by atoms with E-state index in [9.17, 15) is 18.0 Å². The summed E-state index contributed by atoms with van der Waals surface area (Å²) in [4.78, 5) is 24.5. The molecule has 2 N–H and O–H groups in total. The van der Waals surface area contributed by atoms with Crippen molar-refractivity contribution >= 4 is 27.5 Å². The summed E-state index contributed by atoms with van der Waals surface area (Å²) in [6.07, 6.45) is 3.37. The Morgan fingerprint density at radius 1 is 1.20 bits per heavy atom. The van der Waals surface area contributed by atoms with E-state index in [2.05, 4.69) is 10.6 Å². The lowest BCUT2D eigenvalue weighted by Crippen LogP contribution is -2.45. The molecule has 0 aliphatic carbocycles. The number of rotatable bonds is 8. The minimum absolute atomic E-state index is 0.115. The fourth-order valence-corrected chi connectivity index (χ4v) is 5.02. The summed E-state index contributed by atoms with van der Waals surface area (Å²) in [7, 11) is -3.29. The molecule has 9 heteroatoms. The topological polar surface area (TPSA) is 109 Å². The Kier molecular flexibility index (Phi) is 7.28. The number of nitrogens with zero attached hydrogens (tertiary/aromatic N) is 1. The van der Waals surface area contributed by atoms with Crippen molar-refractivity contribution in [3.63, 3.8) is 0 Å². The molecule has 0 saturated carbocycles. The first kappa shape index (κ1) is 22.0. The molecule has 0 spiro atoms. The Balaban J connectivity index is 1.50. The summed E-state index contributed by atoms with van der Waals surface area (Å²) in [6.45, 7) is 2.89. The van der Waals surface area contributed by atoms with Gasteiger partial charge in [0.15, 0.2) is 5.76 Å². The summed E-state index contributed by atoms with van der Waals surface area (Å²) in [5, 5.41) is 5.63. The number of nitrogens with one attached hydrogen (secondary N) is 2. The van der Waals surface area contributed by atoms with Gasteiger partial charge in [0.1, 0.15) is 0 Å². The van der Waals surface area contributed by atoms with E-state index in [4.69, 9.17) is 4.42 Å². The van der Waals surface area contributed by atoms with E-state index < -0.39 is 10.0 Å². The monoisotopic (exact) mass is 433 g/mol. The third-order valence-electron chi connectivity index (χ3n) is 5.03. The SMILES string of the molecule is CCCS(=O)(=O)N1CCCC(C(=O)NCc2ccc(NC(=O)c3ccco3)cc2)C1. The molecule has 1 aromatic carbocycles. The predicted molar refractivity (Wildman–Crippen MR) is 113 cm³/mol. The molecule has 30 heavy (non-hydrogen) atoms. The molecule has 1 aromatic heterocycles. The Labute approximate surface area is 176 Å². The molecule has 0 radical (unpaired) electrons. The Bertz CT molecular complexity index is 955. The predicted octanol–water partition coefficient (Wildman–Crippen LogP) is 2.60. The van der Waals surface area contributed by atoms with E-state index in [1.165, 1.54) is 10.6 Å². The van der Waals surface area contributed by atoms with Crippen LogP contribution in [0, 0.1) is 5.92 Å². The summed E-state index contributed by atoms with van der Waals surface area (Å²) in [5.74, 6) is -0.460. The van der Waals surface area contributed by atoms with E-state index >= 15 is 0 Å². The number of furan rings is 1. The Morgan fingerprint density at radius 3 is 2.63 bits per heavy atom. The second-order valence-corrected chi connectivity index (χ2v) is 9.45.